The predicted molar refractivity (Wildman–Crippen MR) is 93.7 cm³/mol. The summed E-state index contributed by atoms with van der Waals surface area (Å²) in [5, 5.41) is 3.09. The number of benzene rings is 1. The summed E-state index contributed by atoms with van der Waals surface area (Å²) in [6.45, 7) is 5.99. The zero-order valence-electron chi connectivity index (χ0n) is 14.5. The highest BCUT2D eigenvalue weighted by atomic mass is 16.5. The highest BCUT2D eigenvalue weighted by molar-refractivity contribution is 5.75. The fourth-order valence-electron chi connectivity index (χ4n) is 3.34. The normalized spacial score (nSPS) is 22.3. The van der Waals surface area contributed by atoms with Crippen LogP contribution in [0, 0.1) is 0 Å². The van der Waals surface area contributed by atoms with Crippen molar-refractivity contribution in [2.45, 2.75) is 31.9 Å². The van der Waals surface area contributed by atoms with Gasteiger partial charge in [0.15, 0.2) is 0 Å². The summed E-state index contributed by atoms with van der Waals surface area (Å²) < 4.78 is 10.8. The molecule has 0 bridgehead atoms. The minimum Gasteiger partial charge on any atom is -0.497 e. The monoisotopic (exact) mass is 333 g/mol. The Balaban J connectivity index is 1.47. The molecule has 24 heavy (non-hydrogen) atoms. The minimum absolute atomic E-state index is 0.0207. The highest BCUT2D eigenvalue weighted by Crippen LogP contribution is 2.21. The molecule has 2 aliphatic heterocycles. The van der Waals surface area contributed by atoms with Crippen LogP contribution in [0.15, 0.2) is 24.3 Å². The molecule has 0 aliphatic carbocycles. The molecular weight excluding hydrogens is 306 g/mol. The van der Waals surface area contributed by atoms with Crippen molar-refractivity contribution in [3.05, 3.63) is 24.3 Å². The second-order valence-corrected chi connectivity index (χ2v) is 6.46. The predicted octanol–water partition coefficient (Wildman–Crippen LogP) is 2.09. The Hall–Kier alpha value is -1.95. The standard InChI is InChI=1S/C18H27N3O3/c1-14(17-4-3-13-24-17)19-18(22)21-11-9-20(10-12-21)15-5-7-16(23-2)8-6-15/h5-8,14,17H,3-4,9-13H2,1-2H3,(H,19,22). The number of methoxy groups -OCH3 is 1. The van der Waals surface area contributed by atoms with Gasteiger partial charge in [0, 0.05) is 38.5 Å². The molecule has 2 unspecified atom stereocenters. The summed E-state index contributed by atoms with van der Waals surface area (Å²) in [6.07, 6.45) is 2.28. The molecule has 0 aromatic heterocycles. The summed E-state index contributed by atoms with van der Waals surface area (Å²) in [4.78, 5) is 16.6. The smallest absolute Gasteiger partial charge is 0.317 e. The molecular formula is C18H27N3O3. The molecule has 3 rings (SSSR count). The van der Waals surface area contributed by atoms with Crippen LogP contribution in [0.5, 0.6) is 5.75 Å². The highest BCUT2D eigenvalue weighted by Gasteiger charge is 2.27. The Morgan fingerprint density at radius 2 is 1.96 bits per heavy atom. The van der Waals surface area contributed by atoms with Crippen molar-refractivity contribution in [2.24, 2.45) is 0 Å². The van der Waals surface area contributed by atoms with Crippen LogP contribution in [0.3, 0.4) is 0 Å². The molecule has 6 heteroatoms. The first-order valence-electron chi connectivity index (χ1n) is 8.73. The van der Waals surface area contributed by atoms with Crippen LogP contribution in [-0.2, 0) is 4.74 Å². The molecule has 2 atom stereocenters. The number of carbonyl (C=O) groups is 1. The Labute approximate surface area is 143 Å². The van der Waals surface area contributed by atoms with E-state index in [4.69, 9.17) is 9.47 Å². The van der Waals surface area contributed by atoms with Gasteiger partial charge in [-0.1, -0.05) is 0 Å². The number of piperazine rings is 1. The lowest BCUT2D eigenvalue weighted by Crippen LogP contribution is -2.54. The van der Waals surface area contributed by atoms with Crippen molar-refractivity contribution in [1.29, 1.82) is 0 Å². The number of urea groups is 1. The molecule has 0 saturated carbocycles. The SMILES string of the molecule is COc1ccc(N2CCN(C(=O)NC(C)C3CCCO3)CC2)cc1. The van der Waals surface area contributed by atoms with Gasteiger partial charge in [0.2, 0.25) is 0 Å². The van der Waals surface area contributed by atoms with Crippen molar-refractivity contribution < 1.29 is 14.3 Å². The topological polar surface area (TPSA) is 54.0 Å². The van der Waals surface area contributed by atoms with E-state index in [2.05, 4.69) is 22.3 Å². The van der Waals surface area contributed by atoms with Crippen molar-refractivity contribution in [3.63, 3.8) is 0 Å². The maximum absolute atomic E-state index is 12.4. The van der Waals surface area contributed by atoms with Crippen molar-refractivity contribution in [3.8, 4) is 5.75 Å². The van der Waals surface area contributed by atoms with Gasteiger partial charge < -0.3 is 24.6 Å². The number of rotatable bonds is 4. The van der Waals surface area contributed by atoms with Gasteiger partial charge in [0.25, 0.3) is 0 Å². The number of nitrogens with one attached hydrogen (secondary N) is 1. The van der Waals surface area contributed by atoms with Crippen LogP contribution in [-0.4, -0.2) is 63.0 Å². The molecule has 1 aromatic carbocycles. The average molecular weight is 333 g/mol. The average Bonchev–Trinajstić information content (AvgIpc) is 3.17. The summed E-state index contributed by atoms with van der Waals surface area (Å²) >= 11 is 0. The summed E-state index contributed by atoms with van der Waals surface area (Å²) in [7, 11) is 1.67. The van der Waals surface area contributed by atoms with Gasteiger partial charge in [-0.05, 0) is 44.0 Å². The second kappa shape index (κ2) is 7.75. The molecule has 1 N–H and O–H groups in total. The van der Waals surface area contributed by atoms with E-state index < -0.39 is 0 Å². The third-order valence-corrected chi connectivity index (χ3v) is 4.88. The van der Waals surface area contributed by atoms with Crippen LogP contribution in [0.4, 0.5) is 10.5 Å². The Morgan fingerprint density at radius 3 is 2.54 bits per heavy atom. The molecule has 2 fully saturated rings. The van der Waals surface area contributed by atoms with E-state index in [0.717, 1.165) is 51.4 Å². The fourth-order valence-corrected chi connectivity index (χ4v) is 3.34. The van der Waals surface area contributed by atoms with Crippen LogP contribution < -0.4 is 15.0 Å². The first-order valence-corrected chi connectivity index (χ1v) is 8.73. The van der Waals surface area contributed by atoms with Crippen LogP contribution in [0.2, 0.25) is 0 Å². The van der Waals surface area contributed by atoms with Gasteiger partial charge in [0.05, 0.1) is 19.3 Å². The molecule has 2 heterocycles. The Morgan fingerprint density at radius 1 is 1.25 bits per heavy atom. The quantitative estimate of drug-likeness (QED) is 0.917. The zero-order valence-corrected chi connectivity index (χ0v) is 14.5. The molecule has 6 nitrogen and oxygen atoms in total. The molecule has 2 amide bonds. The van der Waals surface area contributed by atoms with E-state index in [9.17, 15) is 4.79 Å². The molecule has 1 aromatic rings. The molecule has 0 spiro atoms. The summed E-state index contributed by atoms with van der Waals surface area (Å²) in [5.74, 6) is 0.861. The first kappa shape index (κ1) is 16.9. The summed E-state index contributed by atoms with van der Waals surface area (Å²) in [6, 6.07) is 8.16. The molecule has 2 aliphatic rings. The maximum atomic E-state index is 12.4. The van der Waals surface area contributed by atoms with E-state index >= 15 is 0 Å². The van der Waals surface area contributed by atoms with Gasteiger partial charge >= 0.3 is 6.03 Å². The van der Waals surface area contributed by atoms with E-state index in [1.165, 1.54) is 5.69 Å². The van der Waals surface area contributed by atoms with E-state index in [1.54, 1.807) is 7.11 Å². The van der Waals surface area contributed by atoms with Gasteiger partial charge in [-0.25, -0.2) is 4.79 Å². The third kappa shape index (κ3) is 3.93. The Bertz CT molecular complexity index is 535. The molecule has 2 saturated heterocycles. The molecule has 0 radical (unpaired) electrons. The first-order chi connectivity index (χ1) is 11.7. The van der Waals surface area contributed by atoms with Gasteiger partial charge in [0.1, 0.15) is 5.75 Å². The van der Waals surface area contributed by atoms with Gasteiger partial charge in [-0.3, -0.25) is 0 Å². The number of hydrogen-bond acceptors (Lipinski definition) is 4. The number of hydrogen-bond donors (Lipinski definition) is 1. The lowest BCUT2D eigenvalue weighted by molar-refractivity contribution is 0.0831. The fraction of sp³-hybridized carbons (Fsp3) is 0.611. The van der Waals surface area contributed by atoms with Crippen molar-refractivity contribution >= 4 is 11.7 Å². The minimum atomic E-state index is 0.0207. The second-order valence-electron chi connectivity index (χ2n) is 6.46. The van der Waals surface area contributed by atoms with Crippen LogP contribution in [0.1, 0.15) is 19.8 Å². The third-order valence-electron chi connectivity index (χ3n) is 4.88. The molecule has 132 valence electrons. The zero-order chi connectivity index (χ0) is 16.9. The number of anilines is 1. The van der Waals surface area contributed by atoms with E-state index in [0.29, 0.717) is 0 Å². The van der Waals surface area contributed by atoms with Gasteiger partial charge in [-0.15, -0.1) is 0 Å². The lowest BCUT2D eigenvalue weighted by atomic mass is 10.1. The van der Waals surface area contributed by atoms with Crippen LogP contribution in [0.25, 0.3) is 0 Å². The number of amides is 2. The largest absolute Gasteiger partial charge is 0.497 e. The Kier molecular flexibility index (Phi) is 5.45. The lowest BCUT2D eigenvalue weighted by Gasteiger charge is -2.37. The van der Waals surface area contributed by atoms with Gasteiger partial charge in [-0.2, -0.15) is 0 Å². The van der Waals surface area contributed by atoms with Crippen molar-refractivity contribution in [1.82, 2.24) is 10.2 Å². The number of ether oxygens (including phenoxy) is 2. The maximum Gasteiger partial charge on any atom is 0.317 e. The van der Waals surface area contributed by atoms with E-state index in [1.807, 2.05) is 24.0 Å². The van der Waals surface area contributed by atoms with Crippen LogP contribution >= 0.6 is 0 Å². The van der Waals surface area contributed by atoms with Crippen molar-refractivity contribution in [2.75, 3.05) is 44.8 Å². The van der Waals surface area contributed by atoms with E-state index in [-0.39, 0.29) is 18.2 Å². The summed E-state index contributed by atoms with van der Waals surface area (Å²) in [5.41, 5.74) is 1.17. The number of nitrogens with zero attached hydrogens (tertiary/aromatic N) is 2. The number of carbonyl (C=O) groups excluding carboxylic acids is 1.